The standard InChI is InChI=1S/C13H14ClN3O3S/c1-9-15-13(20-16-9)10-6-7-17(8-10)21(18,19)12-5-3-2-4-11(12)14/h2-5,10H,6-8H2,1H3. The molecule has 1 fully saturated rings. The van der Waals surface area contributed by atoms with Crippen molar-refractivity contribution >= 4 is 21.6 Å². The summed E-state index contributed by atoms with van der Waals surface area (Å²) in [5.41, 5.74) is 0. The Morgan fingerprint density at radius 2 is 2.14 bits per heavy atom. The van der Waals surface area contributed by atoms with E-state index in [4.69, 9.17) is 16.1 Å². The average molecular weight is 328 g/mol. The van der Waals surface area contributed by atoms with Gasteiger partial charge >= 0.3 is 0 Å². The van der Waals surface area contributed by atoms with E-state index in [9.17, 15) is 8.42 Å². The minimum atomic E-state index is -3.59. The monoisotopic (exact) mass is 327 g/mol. The van der Waals surface area contributed by atoms with Gasteiger partial charge in [-0.05, 0) is 25.5 Å². The maximum atomic E-state index is 12.6. The summed E-state index contributed by atoms with van der Waals surface area (Å²) < 4.78 is 31.8. The molecule has 6 nitrogen and oxygen atoms in total. The normalized spacial score (nSPS) is 20.0. The second kappa shape index (κ2) is 5.40. The smallest absolute Gasteiger partial charge is 0.244 e. The summed E-state index contributed by atoms with van der Waals surface area (Å²) in [5, 5.41) is 3.98. The summed E-state index contributed by atoms with van der Waals surface area (Å²) in [6, 6.07) is 6.45. The summed E-state index contributed by atoms with van der Waals surface area (Å²) in [4.78, 5) is 4.31. The molecule has 1 aromatic carbocycles. The molecule has 21 heavy (non-hydrogen) atoms. The highest BCUT2D eigenvalue weighted by molar-refractivity contribution is 7.89. The molecule has 0 N–H and O–H groups in total. The van der Waals surface area contributed by atoms with E-state index >= 15 is 0 Å². The van der Waals surface area contributed by atoms with Gasteiger partial charge in [-0.2, -0.15) is 9.29 Å². The van der Waals surface area contributed by atoms with Gasteiger partial charge in [-0.1, -0.05) is 28.9 Å². The molecule has 1 aromatic heterocycles. The van der Waals surface area contributed by atoms with Crippen molar-refractivity contribution in [3.05, 3.63) is 41.0 Å². The lowest BCUT2D eigenvalue weighted by Gasteiger charge is -2.16. The fourth-order valence-electron chi connectivity index (χ4n) is 2.42. The highest BCUT2D eigenvalue weighted by Crippen LogP contribution is 2.32. The third-order valence-corrected chi connectivity index (χ3v) is 5.86. The van der Waals surface area contributed by atoms with E-state index in [1.165, 1.54) is 10.4 Å². The number of sulfonamides is 1. The zero-order valence-electron chi connectivity index (χ0n) is 11.4. The fraction of sp³-hybridized carbons (Fsp3) is 0.385. The Hall–Kier alpha value is -1.44. The highest BCUT2D eigenvalue weighted by atomic mass is 35.5. The number of benzene rings is 1. The Morgan fingerprint density at radius 3 is 2.81 bits per heavy atom. The van der Waals surface area contributed by atoms with Crippen molar-refractivity contribution in [1.29, 1.82) is 0 Å². The lowest BCUT2D eigenvalue weighted by molar-refractivity contribution is 0.351. The van der Waals surface area contributed by atoms with Crippen LogP contribution < -0.4 is 0 Å². The van der Waals surface area contributed by atoms with E-state index in [0.29, 0.717) is 31.2 Å². The molecule has 0 spiro atoms. The van der Waals surface area contributed by atoms with Gasteiger partial charge in [0.15, 0.2) is 5.82 Å². The van der Waals surface area contributed by atoms with Crippen LogP contribution in [-0.2, 0) is 10.0 Å². The van der Waals surface area contributed by atoms with Crippen LogP contribution in [0.25, 0.3) is 0 Å². The van der Waals surface area contributed by atoms with Crippen molar-refractivity contribution in [1.82, 2.24) is 14.4 Å². The maximum Gasteiger partial charge on any atom is 0.244 e. The zero-order chi connectivity index (χ0) is 15.0. The summed E-state index contributed by atoms with van der Waals surface area (Å²) in [6.45, 7) is 2.48. The van der Waals surface area contributed by atoms with Crippen LogP contribution >= 0.6 is 11.6 Å². The van der Waals surface area contributed by atoms with Gasteiger partial charge in [-0.15, -0.1) is 0 Å². The summed E-state index contributed by atoms with van der Waals surface area (Å²) in [6.07, 6.45) is 0.658. The van der Waals surface area contributed by atoms with Gasteiger partial charge in [0.25, 0.3) is 0 Å². The van der Waals surface area contributed by atoms with Gasteiger partial charge in [0.05, 0.1) is 10.9 Å². The SMILES string of the molecule is Cc1noc(C2CCN(S(=O)(=O)c3ccccc3Cl)C2)n1. The molecule has 0 bridgehead atoms. The second-order valence-electron chi connectivity index (χ2n) is 4.96. The van der Waals surface area contributed by atoms with Crippen LogP contribution in [0.4, 0.5) is 0 Å². The zero-order valence-corrected chi connectivity index (χ0v) is 12.9. The Kier molecular flexibility index (Phi) is 3.73. The molecule has 1 atom stereocenters. The number of hydrogen-bond acceptors (Lipinski definition) is 5. The van der Waals surface area contributed by atoms with Crippen LogP contribution in [0.1, 0.15) is 24.1 Å². The Morgan fingerprint density at radius 1 is 1.38 bits per heavy atom. The van der Waals surface area contributed by atoms with E-state index in [-0.39, 0.29) is 15.8 Å². The average Bonchev–Trinajstić information content (AvgIpc) is 3.07. The minimum absolute atomic E-state index is 0.0662. The minimum Gasteiger partial charge on any atom is -0.339 e. The number of hydrogen-bond donors (Lipinski definition) is 0. The molecule has 0 saturated carbocycles. The third-order valence-electron chi connectivity index (χ3n) is 3.50. The van der Waals surface area contributed by atoms with E-state index < -0.39 is 10.0 Å². The first-order chi connectivity index (χ1) is 9.98. The molecule has 112 valence electrons. The molecule has 2 aromatic rings. The largest absolute Gasteiger partial charge is 0.339 e. The molecule has 0 amide bonds. The molecule has 1 unspecified atom stereocenters. The van der Waals surface area contributed by atoms with Crippen LogP contribution in [0.5, 0.6) is 0 Å². The maximum absolute atomic E-state index is 12.6. The number of aryl methyl sites for hydroxylation is 1. The first kappa shape index (κ1) is 14.5. The van der Waals surface area contributed by atoms with E-state index in [0.717, 1.165) is 0 Å². The predicted octanol–water partition coefficient (Wildman–Crippen LogP) is 2.21. The second-order valence-corrected chi connectivity index (χ2v) is 7.27. The fourth-order valence-corrected chi connectivity index (χ4v) is 4.41. The van der Waals surface area contributed by atoms with Crippen molar-refractivity contribution in [2.24, 2.45) is 0 Å². The van der Waals surface area contributed by atoms with Crippen molar-refractivity contribution in [3.63, 3.8) is 0 Å². The third kappa shape index (κ3) is 2.68. The van der Waals surface area contributed by atoms with Gasteiger partial charge < -0.3 is 4.52 Å². The van der Waals surface area contributed by atoms with Crippen molar-refractivity contribution in [2.75, 3.05) is 13.1 Å². The Bertz CT molecular complexity index is 760. The first-order valence-electron chi connectivity index (χ1n) is 6.53. The van der Waals surface area contributed by atoms with Gasteiger partial charge in [-0.25, -0.2) is 8.42 Å². The van der Waals surface area contributed by atoms with Crippen LogP contribution in [-0.4, -0.2) is 36.0 Å². The molecule has 3 rings (SSSR count). The lowest BCUT2D eigenvalue weighted by Crippen LogP contribution is -2.28. The molecule has 0 radical (unpaired) electrons. The van der Waals surface area contributed by atoms with Crippen molar-refractivity contribution in [2.45, 2.75) is 24.2 Å². The number of halogens is 1. The van der Waals surface area contributed by atoms with Gasteiger partial charge in [-0.3, -0.25) is 0 Å². The summed E-state index contributed by atoms with van der Waals surface area (Å²) >= 11 is 6.00. The molecule has 1 aliphatic heterocycles. The van der Waals surface area contributed by atoms with Crippen molar-refractivity contribution in [3.8, 4) is 0 Å². The molecule has 8 heteroatoms. The molecular formula is C13H14ClN3O3S. The summed E-state index contributed by atoms with van der Waals surface area (Å²) in [7, 11) is -3.59. The van der Waals surface area contributed by atoms with E-state index in [1.54, 1.807) is 25.1 Å². The quantitative estimate of drug-likeness (QED) is 0.863. The molecule has 0 aliphatic carbocycles. The van der Waals surface area contributed by atoms with Crippen LogP contribution in [0.3, 0.4) is 0 Å². The molecule has 1 saturated heterocycles. The number of rotatable bonds is 3. The van der Waals surface area contributed by atoms with Crippen molar-refractivity contribution < 1.29 is 12.9 Å². The molecular weight excluding hydrogens is 314 g/mol. The highest BCUT2D eigenvalue weighted by Gasteiger charge is 2.36. The molecule has 1 aliphatic rings. The first-order valence-corrected chi connectivity index (χ1v) is 8.35. The Balaban J connectivity index is 1.84. The Labute approximate surface area is 127 Å². The van der Waals surface area contributed by atoms with Gasteiger partial charge in [0.1, 0.15) is 4.90 Å². The van der Waals surface area contributed by atoms with Gasteiger partial charge in [0, 0.05) is 13.1 Å². The van der Waals surface area contributed by atoms with Crippen LogP contribution in [0.2, 0.25) is 5.02 Å². The number of nitrogens with zero attached hydrogens (tertiary/aromatic N) is 3. The van der Waals surface area contributed by atoms with Gasteiger partial charge in [0.2, 0.25) is 15.9 Å². The summed E-state index contributed by atoms with van der Waals surface area (Å²) in [5.74, 6) is 0.977. The van der Waals surface area contributed by atoms with Crippen LogP contribution in [0, 0.1) is 6.92 Å². The number of aromatic nitrogens is 2. The lowest BCUT2D eigenvalue weighted by atomic mass is 10.1. The molecule has 2 heterocycles. The van der Waals surface area contributed by atoms with E-state index in [2.05, 4.69) is 10.1 Å². The topological polar surface area (TPSA) is 76.3 Å². The van der Waals surface area contributed by atoms with Crippen LogP contribution in [0.15, 0.2) is 33.7 Å². The van der Waals surface area contributed by atoms with E-state index in [1.807, 2.05) is 0 Å². The predicted molar refractivity (Wildman–Crippen MR) is 76.6 cm³/mol.